The van der Waals surface area contributed by atoms with Crippen molar-refractivity contribution < 1.29 is 0 Å². The SMILES string of the molecule is CC(N[C@@H](C)c1cccnc1)c1ccc(C(C)(C)C)cc1. The number of nitrogens with one attached hydrogen (secondary N) is 1. The summed E-state index contributed by atoms with van der Waals surface area (Å²) in [6.07, 6.45) is 3.73. The quantitative estimate of drug-likeness (QED) is 0.872. The highest BCUT2D eigenvalue weighted by Crippen LogP contribution is 2.25. The Morgan fingerprint density at radius 1 is 0.905 bits per heavy atom. The van der Waals surface area contributed by atoms with Crippen LogP contribution in [0.15, 0.2) is 48.8 Å². The van der Waals surface area contributed by atoms with Gasteiger partial charge in [0.25, 0.3) is 0 Å². The highest BCUT2D eigenvalue weighted by Gasteiger charge is 2.15. The maximum atomic E-state index is 4.18. The van der Waals surface area contributed by atoms with Gasteiger partial charge in [-0.05, 0) is 42.0 Å². The summed E-state index contributed by atoms with van der Waals surface area (Å²) in [7, 11) is 0. The van der Waals surface area contributed by atoms with E-state index in [1.807, 2.05) is 18.5 Å². The van der Waals surface area contributed by atoms with Gasteiger partial charge >= 0.3 is 0 Å². The van der Waals surface area contributed by atoms with Crippen LogP contribution in [-0.2, 0) is 5.41 Å². The maximum Gasteiger partial charge on any atom is 0.0315 e. The summed E-state index contributed by atoms with van der Waals surface area (Å²) in [4.78, 5) is 4.18. The van der Waals surface area contributed by atoms with Gasteiger partial charge < -0.3 is 5.32 Å². The first kappa shape index (κ1) is 15.7. The minimum atomic E-state index is 0.207. The van der Waals surface area contributed by atoms with E-state index in [9.17, 15) is 0 Å². The Morgan fingerprint density at radius 3 is 2.05 bits per heavy atom. The van der Waals surface area contributed by atoms with Gasteiger partial charge in [0.05, 0.1) is 0 Å². The van der Waals surface area contributed by atoms with Crippen molar-refractivity contribution in [1.82, 2.24) is 10.3 Å². The van der Waals surface area contributed by atoms with E-state index in [0.717, 1.165) is 0 Å². The van der Waals surface area contributed by atoms with E-state index < -0.39 is 0 Å². The lowest BCUT2D eigenvalue weighted by Gasteiger charge is -2.23. The Kier molecular flexibility index (Phi) is 4.79. The number of hydrogen-bond donors (Lipinski definition) is 1. The predicted octanol–water partition coefficient (Wildman–Crippen LogP) is 4.79. The lowest BCUT2D eigenvalue weighted by Crippen LogP contribution is -2.22. The molecule has 1 aromatic heterocycles. The van der Waals surface area contributed by atoms with Crippen LogP contribution in [0.4, 0.5) is 0 Å². The van der Waals surface area contributed by atoms with Crippen LogP contribution in [0, 0.1) is 0 Å². The average molecular weight is 282 g/mol. The molecule has 1 N–H and O–H groups in total. The number of aromatic nitrogens is 1. The first-order chi connectivity index (χ1) is 9.88. The minimum absolute atomic E-state index is 0.207. The molecule has 2 atom stereocenters. The summed E-state index contributed by atoms with van der Waals surface area (Å²) in [5.74, 6) is 0. The van der Waals surface area contributed by atoms with Crippen molar-refractivity contribution >= 4 is 0 Å². The zero-order valence-corrected chi connectivity index (χ0v) is 13.7. The minimum Gasteiger partial charge on any atom is -0.304 e. The lowest BCUT2D eigenvalue weighted by atomic mass is 9.86. The fraction of sp³-hybridized carbons (Fsp3) is 0.421. The highest BCUT2D eigenvalue weighted by molar-refractivity contribution is 5.29. The third-order valence-electron chi connectivity index (χ3n) is 3.96. The number of hydrogen-bond acceptors (Lipinski definition) is 2. The second kappa shape index (κ2) is 6.40. The molecule has 0 fully saturated rings. The molecule has 2 heteroatoms. The smallest absolute Gasteiger partial charge is 0.0315 e. The predicted molar refractivity (Wildman–Crippen MR) is 89.3 cm³/mol. The van der Waals surface area contributed by atoms with Crippen molar-refractivity contribution in [2.75, 3.05) is 0 Å². The Labute approximate surface area is 128 Å². The highest BCUT2D eigenvalue weighted by atomic mass is 14.9. The van der Waals surface area contributed by atoms with E-state index in [-0.39, 0.29) is 11.5 Å². The summed E-state index contributed by atoms with van der Waals surface area (Å²) in [6.45, 7) is 11.1. The standard InChI is InChI=1S/C19H26N2/c1-14(21-15(2)17-7-6-12-20-13-17)16-8-10-18(11-9-16)19(3,4)5/h6-15,21H,1-5H3/t14?,15-/m0/s1. The number of nitrogens with zero attached hydrogens (tertiary/aromatic N) is 1. The average Bonchev–Trinajstić information content (AvgIpc) is 2.47. The van der Waals surface area contributed by atoms with Gasteiger partial charge in [-0.3, -0.25) is 4.98 Å². The molecule has 0 bridgehead atoms. The molecular formula is C19H26N2. The zero-order chi connectivity index (χ0) is 15.5. The number of pyridine rings is 1. The molecule has 112 valence electrons. The largest absolute Gasteiger partial charge is 0.304 e. The van der Waals surface area contributed by atoms with Crippen LogP contribution >= 0.6 is 0 Å². The molecule has 2 rings (SSSR count). The molecule has 1 heterocycles. The van der Waals surface area contributed by atoms with Gasteiger partial charge in [-0.1, -0.05) is 51.1 Å². The molecule has 1 aromatic carbocycles. The molecule has 0 aliphatic heterocycles. The number of benzene rings is 1. The number of rotatable bonds is 4. The Bertz CT molecular complexity index is 552. The van der Waals surface area contributed by atoms with E-state index in [2.05, 4.69) is 75.3 Å². The molecule has 0 saturated heterocycles. The lowest BCUT2D eigenvalue weighted by molar-refractivity contribution is 0.493. The molecule has 0 aliphatic rings. The zero-order valence-electron chi connectivity index (χ0n) is 13.7. The van der Waals surface area contributed by atoms with Crippen LogP contribution < -0.4 is 5.32 Å². The van der Waals surface area contributed by atoms with Gasteiger partial charge in [-0.25, -0.2) is 0 Å². The summed E-state index contributed by atoms with van der Waals surface area (Å²) < 4.78 is 0. The van der Waals surface area contributed by atoms with Crippen molar-refractivity contribution in [3.8, 4) is 0 Å². The first-order valence-electron chi connectivity index (χ1n) is 7.64. The van der Waals surface area contributed by atoms with E-state index in [4.69, 9.17) is 0 Å². The molecule has 0 aliphatic carbocycles. The van der Waals surface area contributed by atoms with E-state index in [1.54, 1.807) is 0 Å². The van der Waals surface area contributed by atoms with E-state index >= 15 is 0 Å². The second-order valence-corrected chi connectivity index (χ2v) is 6.77. The van der Waals surface area contributed by atoms with Gasteiger partial charge in [-0.2, -0.15) is 0 Å². The van der Waals surface area contributed by atoms with Crippen LogP contribution in [0.5, 0.6) is 0 Å². The topological polar surface area (TPSA) is 24.9 Å². The summed E-state index contributed by atoms with van der Waals surface area (Å²) >= 11 is 0. The van der Waals surface area contributed by atoms with E-state index in [0.29, 0.717) is 6.04 Å². The van der Waals surface area contributed by atoms with Gasteiger partial charge in [0.15, 0.2) is 0 Å². The molecule has 2 nitrogen and oxygen atoms in total. The first-order valence-corrected chi connectivity index (χ1v) is 7.64. The molecule has 0 radical (unpaired) electrons. The molecule has 0 amide bonds. The van der Waals surface area contributed by atoms with Gasteiger partial charge in [0.2, 0.25) is 0 Å². The fourth-order valence-electron chi connectivity index (χ4n) is 2.47. The molecule has 0 saturated carbocycles. The van der Waals surface area contributed by atoms with Crippen molar-refractivity contribution in [1.29, 1.82) is 0 Å². The molecule has 2 aromatic rings. The summed E-state index contributed by atoms with van der Waals surface area (Å²) in [5.41, 5.74) is 4.12. The van der Waals surface area contributed by atoms with Gasteiger partial charge in [0.1, 0.15) is 0 Å². The fourth-order valence-corrected chi connectivity index (χ4v) is 2.47. The van der Waals surface area contributed by atoms with Crippen molar-refractivity contribution in [2.24, 2.45) is 0 Å². The van der Waals surface area contributed by atoms with Crippen molar-refractivity contribution in [2.45, 2.75) is 52.1 Å². The van der Waals surface area contributed by atoms with E-state index in [1.165, 1.54) is 16.7 Å². The van der Waals surface area contributed by atoms with Crippen LogP contribution in [0.3, 0.4) is 0 Å². The van der Waals surface area contributed by atoms with Gasteiger partial charge in [0, 0.05) is 24.5 Å². The third-order valence-corrected chi connectivity index (χ3v) is 3.96. The third kappa shape index (κ3) is 4.15. The summed E-state index contributed by atoms with van der Waals surface area (Å²) in [5, 5.41) is 3.63. The molecule has 21 heavy (non-hydrogen) atoms. The van der Waals surface area contributed by atoms with Crippen LogP contribution in [0.2, 0.25) is 0 Å². The Balaban J connectivity index is 2.05. The maximum absolute atomic E-state index is 4.18. The van der Waals surface area contributed by atoms with Crippen molar-refractivity contribution in [3.63, 3.8) is 0 Å². The van der Waals surface area contributed by atoms with Gasteiger partial charge in [-0.15, -0.1) is 0 Å². The van der Waals surface area contributed by atoms with Crippen molar-refractivity contribution in [3.05, 3.63) is 65.5 Å². The Morgan fingerprint density at radius 2 is 1.52 bits per heavy atom. The molecule has 1 unspecified atom stereocenters. The normalized spacial score (nSPS) is 14.7. The summed E-state index contributed by atoms with van der Waals surface area (Å²) in [6, 6.07) is 13.6. The molecular weight excluding hydrogens is 256 g/mol. The monoisotopic (exact) mass is 282 g/mol. The van der Waals surface area contributed by atoms with Crippen LogP contribution in [-0.4, -0.2) is 4.98 Å². The Hall–Kier alpha value is -1.67. The molecule has 0 spiro atoms. The van der Waals surface area contributed by atoms with Crippen LogP contribution in [0.25, 0.3) is 0 Å². The van der Waals surface area contributed by atoms with Crippen LogP contribution in [0.1, 0.15) is 63.4 Å². The second-order valence-electron chi connectivity index (χ2n) is 6.77.